The summed E-state index contributed by atoms with van der Waals surface area (Å²) in [4.78, 5) is 70.4. The highest BCUT2D eigenvalue weighted by Gasteiger charge is 2.25. The Kier molecular flexibility index (Phi) is 11.5. The molecule has 0 rings (SSSR count). The van der Waals surface area contributed by atoms with Crippen molar-refractivity contribution < 1.29 is 49.2 Å². The first-order chi connectivity index (χ1) is 13.5. The van der Waals surface area contributed by atoms with Crippen molar-refractivity contribution in [1.29, 1.82) is 0 Å². The van der Waals surface area contributed by atoms with E-state index >= 15 is 0 Å². The minimum Gasteiger partial charge on any atom is -0.480 e. The van der Waals surface area contributed by atoms with Crippen LogP contribution < -0.4 is 5.73 Å². The first kappa shape index (κ1) is 25.7. The van der Waals surface area contributed by atoms with Crippen LogP contribution >= 0.6 is 0 Å². The zero-order valence-corrected chi connectivity index (χ0v) is 15.5. The monoisotopic (exact) mass is 420 g/mol. The van der Waals surface area contributed by atoms with Crippen molar-refractivity contribution in [3.05, 3.63) is 0 Å². The molecule has 0 aromatic carbocycles. The standard InChI is InChI=1S/C15H24N4O10/c16-1-2-18(8-14(26)27)10(20)5-11(21)19(9-15(28)29)4-3-17(6-12(22)23)7-13(24)25/h1-9,16H2,(H,22,23)(H,24,25)(H,26,27)(H,28,29). The van der Waals surface area contributed by atoms with Gasteiger partial charge in [0.1, 0.15) is 19.5 Å². The third kappa shape index (κ3) is 11.9. The Morgan fingerprint density at radius 3 is 1.31 bits per heavy atom. The lowest BCUT2D eigenvalue weighted by atomic mass is 10.3. The molecule has 0 spiro atoms. The van der Waals surface area contributed by atoms with E-state index in [2.05, 4.69) is 0 Å². The smallest absolute Gasteiger partial charge is 0.323 e. The summed E-state index contributed by atoms with van der Waals surface area (Å²) in [7, 11) is 0. The van der Waals surface area contributed by atoms with Crippen LogP contribution in [0.5, 0.6) is 0 Å². The van der Waals surface area contributed by atoms with Crippen molar-refractivity contribution in [1.82, 2.24) is 14.7 Å². The number of carboxylic acid groups (broad SMARTS) is 4. The Morgan fingerprint density at radius 2 is 0.966 bits per heavy atom. The van der Waals surface area contributed by atoms with Gasteiger partial charge in [-0.25, -0.2) is 0 Å². The molecule has 0 saturated heterocycles. The third-order valence-electron chi connectivity index (χ3n) is 3.46. The van der Waals surface area contributed by atoms with Gasteiger partial charge in [-0.05, 0) is 0 Å². The van der Waals surface area contributed by atoms with Crippen LogP contribution in [0.3, 0.4) is 0 Å². The first-order valence-corrected chi connectivity index (χ1v) is 8.31. The average molecular weight is 420 g/mol. The van der Waals surface area contributed by atoms with Crippen LogP contribution in [0.15, 0.2) is 0 Å². The lowest BCUT2D eigenvalue weighted by Crippen LogP contribution is -2.46. The topological polar surface area (TPSA) is 219 Å². The van der Waals surface area contributed by atoms with Gasteiger partial charge in [0.25, 0.3) is 0 Å². The van der Waals surface area contributed by atoms with Gasteiger partial charge >= 0.3 is 23.9 Å². The highest BCUT2D eigenvalue weighted by atomic mass is 16.4. The number of nitrogens with two attached hydrogens (primary N) is 1. The van der Waals surface area contributed by atoms with Crippen LogP contribution in [0.4, 0.5) is 0 Å². The summed E-state index contributed by atoms with van der Waals surface area (Å²) in [5, 5.41) is 35.4. The molecule has 0 fully saturated rings. The van der Waals surface area contributed by atoms with Gasteiger partial charge in [-0.3, -0.25) is 33.7 Å². The van der Waals surface area contributed by atoms with Crippen LogP contribution in [0.1, 0.15) is 6.42 Å². The highest BCUT2D eigenvalue weighted by molar-refractivity contribution is 5.98. The number of amides is 2. The number of hydrogen-bond acceptors (Lipinski definition) is 8. The number of carbonyl (C=O) groups is 6. The van der Waals surface area contributed by atoms with Crippen LogP contribution in [-0.2, 0) is 28.8 Å². The molecule has 0 aromatic rings. The predicted octanol–water partition coefficient (Wildman–Crippen LogP) is -3.37. The van der Waals surface area contributed by atoms with Crippen molar-refractivity contribution in [3.8, 4) is 0 Å². The summed E-state index contributed by atoms with van der Waals surface area (Å²) in [5.41, 5.74) is 5.30. The number of carbonyl (C=O) groups excluding carboxylic acids is 2. The Morgan fingerprint density at radius 1 is 0.586 bits per heavy atom. The summed E-state index contributed by atoms with van der Waals surface area (Å²) in [6.07, 6.45) is -0.821. The summed E-state index contributed by atoms with van der Waals surface area (Å²) >= 11 is 0. The molecule has 6 N–H and O–H groups in total. The number of carboxylic acids is 4. The van der Waals surface area contributed by atoms with Crippen molar-refractivity contribution in [2.75, 3.05) is 52.4 Å². The van der Waals surface area contributed by atoms with Gasteiger partial charge in [-0.2, -0.15) is 0 Å². The summed E-state index contributed by atoms with van der Waals surface area (Å²) in [6.45, 7) is -3.59. The van der Waals surface area contributed by atoms with Gasteiger partial charge < -0.3 is 36.0 Å². The third-order valence-corrected chi connectivity index (χ3v) is 3.46. The van der Waals surface area contributed by atoms with E-state index in [4.69, 9.17) is 26.2 Å². The molecule has 0 unspecified atom stereocenters. The second-order valence-corrected chi connectivity index (χ2v) is 5.88. The number of nitrogens with zero attached hydrogens (tertiary/aromatic N) is 3. The van der Waals surface area contributed by atoms with E-state index in [1.807, 2.05) is 0 Å². The van der Waals surface area contributed by atoms with E-state index in [-0.39, 0.29) is 26.2 Å². The minimum absolute atomic E-state index is 0.0502. The SMILES string of the molecule is NCCN(CC(=O)O)C(=O)CC(=O)N(CCN(CC(=O)O)CC(=O)O)CC(=O)O. The molecule has 0 heterocycles. The van der Waals surface area contributed by atoms with Gasteiger partial charge in [0.05, 0.1) is 13.1 Å². The summed E-state index contributed by atoms with van der Waals surface area (Å²) in [6, 6.07) is 0. The predicted molar refractivity (Wildman–Crippen MR) is 93.8 cm³/mol. The molecule has 0 aliphatic heterocycles. The van der Waals surface area contributed by atoms with Gasteiger partial charge in [-0.1, -0.05) is 0 Å². The number of rotatable bonds is 15. The molecule has 0 atom stereocenters. The molecule has 0 aliphatic carbocycles. The average Bonchev–Trinajstić information content (AvgIpc) is 2.56. The summed E-state index contributed by atoms with van der Waals surface area (Å²) in [5.74, 6) is -7.16. The van der Waals surface area contributed by atoms with Crippen molar-refractivity contribution in [3.63, 3.8) is 0 Å². The van der Waals surface area contributed by atoms with Crippen molar-refractivity contribution >= 4 is 35.7 Å². The van der Waals surface area contributed by atoms with Crippen molar-refractivity contribution in [2.24, 2.45) is 5.73 Å². The van der Waals surface area contributed by atoms with Gasteiger partial charge in [0.2, 0.25) is 11.8 Å². The molecule has 0 saturated carbocycles. The Hall–Kier alpha value is -3.26. The van der Waals surface area contributed by atoms with E-state index in [1.54, 1.807) is 0 Å². The molecule has 14 nitrogen and oxygen atoms in total. The quantitative estimate of drug-likeness (QED) is 0.164. The van der Waals surface area contributed by atoms with E-state index < -0.39 is 68.3 Å². The van der Waals surface area contributed by atoms with Crippen LogP contribution in [-0.4, -0.2) is 123 Å². The lowest BCUT2D eigenvalue weighted by Gasteiger charge is -2.26. The van der Waals surface area contributed by atoms with E-state index in [0.717, 1.165) is 14.7 Å². The maximum atomic E-state index is 12.3. The largest absolute Gasteiger partial charge is 0.480 e. The van der Waals surface area contributed by atoms with Gasteiger partial charge in [0.15, 0.2) is 0 Å². The minimum atomic E-state index is -1.40. The molecular formula is C15H24N4O10. The van der Waals surface area contributed by atoms with E-state index in [0.29, 0.717) is 0 Å². The van der Waals surface area contributed by atoms with E-state index in [1.165, 1.54) is 0 Å². The van der Waals surface area contributed by atoms with Gasteiger partial charge in [-0.15, -0.1) is 0 Å². The van der Waals surface area contributed by atoms with Crippen LogP contribution in [0.2, 0.25) is 0 Å². The second-order valence-electron chi connectivity index (χ2n) is 5.88. The molecule has 0 aromatic heterocycles. The first-order valence-electron chi connectivity index (χ1n) is 8.31. The Balaban J connectivity index is 5.13. The molecule has 29 heavy (non-hydrogen) atoms. The fourth-order valence-electron chi connectivity index (χ4n) is 2.28. The molecule has 2 amide bonds. The molecule has 164 valence electrons. The second kappa shape index (κ2) is 13.0. The summed E-state index contributed by atoms with van der Waals surface area (Å²) < 4.78 is 0. The Bertz CT molecular complexity index is 623. The maximum Gasteiger partial charge on any atom is 0.323 e. The highest BCUT2D eigenvalue weighted by Crippen LogP contribution is 2.02. The normalized spacial score (nSPS) is 10.4. The van der Waals surface area contributed by atoms with Crippen molar-refractivity contribution in [2.45, 2.75) is 6.42 Å². The maximum absolute atomic E-state index is 12.3. The van der Waals surface area contributed by atoms with Crippen LogP contribution in [0, 0.1) is 0 Å². The van der Waals surface area contributed by atoms with Gasteiger partial charge in [0, 0.05) is 26.2 Å². The molecule has 0 aliphatic rings. The fraction of sp³-hybridized carbons (Fsp3) is 0.600. The zero-order chi connectivity index (χ0) is 22.6. The van der Waals surface area contributed by atoms with Crippen LogP contribution in [0.25, 0.3) is 0 Å². The molecule has 0 radical (unpaired) electrons. The number of hydrogen-bond donors (Lipinski definition) is 5. The fourth-order valence-corrected chi connectivity index (χ4v) is 2.28. The lowest BCUT2D eigenvalue weighted by molar-refractivity contribution is -0.150. The zero-order valence-electron chi connectivity index (χ0n) is 15.5. The molecule has 0 bridgehead atoms. The molecule has 14 heteroatoms. The molecular weight excluding hydrogens is 396 g/mol. The Labute approximate surface area is 165 Å². The number of aliphatic carboxylic acids is 4. The van der Waals surface area contributed by atoms with E-state index in [9.17, 15) is 28.8 Å².